The lowest BCUT2D eigenvalue weighted by Crippen LogP contribution is -2.36. The Balaban J connectivity index is 0.00000342. The van der Waals surface area contributed by atoms with Crippen LogP contribution in [0.5, 0.6) is 5.75 Å². The molecule has 35 heavy (non-hydrogen) atoms. The fraction of sp³-hybridized carbons (Fsp3) is 0.214. The van der Waals surface area contributed by atoms with Crippen LogP contribution in [0.25, 0.3) is 22.3 Å². The van der Waals surface area contributed by atoms with Gasteiger partial charge in [0.1, 0.15) is 18.5 Å². The summed E-state index contributed by atoms with van der Waals surface area (Å²) >= 11 is 0. The van der Waals surface area contributed by atoms with Gasteiger partial charge in [0, 0.05) is 18.2 Å². The summed E-state index contributed by atoms with van der Waals surface area (Å²) in [5.41, 5.74) is 1.49. The highest BCUT2D eigenvalue weighted by Gasteiger charge is 2.18. The third-order valence-corrected chi connectivity index (χ3v) is 5.28. The second-order valence-corrected chi connectivity index (χ2v) is 7.88. The number of ether oxygens (including phenoxy) is 2. The maximum atomic E-state index is 12.7. The number of rotatable bonds is 10. The molecule has 0 spiro atoms. The van der Waals surface area contributed by atoms with Crippen molar-refractivity contribution in [2.45, 2.75) is 19.4 Å². The first-order valence-corrected chi connectivity index (χ1v) is 11.4. The SMILES string of the molecule is CCCNCC(COc1cccc2c(=O)cc(-c3ccccc3)oc12)OC(=O)c1ccccc1.Cl. The maximum absolute atomic E-state index is 12.7. The zero-order chi connectivity index (χ0) is 23.8. The van der Waals surface area contributed by atoms with Gasteiger partial charge in [-0.05, 0) is 37.2 Å². The summed E-state index contributed by atoms with van der Waals surface area (Å²) in [4.78, 5) is 25.3. The normalized spacial score (nSPS) is 11.5. The molecule has 7 heteroatoms. The number of esters is 1. The van der Waals surface area contributed by atoms with Crippen molar-refractivity contribution >= 4 is 29.3 Å². The molecule has 0 radical (unpaired) electrons. The molecule has 0 saturated carbocycles. The molecule has 0 aliphatic carbocycles. The van der Waals surface area contributed by atoms with E-state index in [-0.39, 0.29) is 24.4 Å². The molecule has 3 aromatic carbocycles. The number of nitrogens with one attached hydrogen (secondary N) is 1. The molecular weight excluding hydrogens is 466 g/mol. The van der Waals surface area contributed by atoms with E-state index in [9.17, 15) is 9.59 Å². The second-order valence-electron chi connectivity index (χ2n) is 7.88. The Morgan fingerprint density at radius 1 is 0.971 bits per heavy atom. The second kappa shape index (κ2) is 12.7. The minimum absolute atomic E-state index is 0. The number of carbonyl (C=O) groups is 1. The average Bonchev–Trinajstić information content (AvgIpc) is 2.88. The van der Waals surface area contributed by atoms with E-state index in [1.807, 2.05) is 36.4 Å². The lowest BCUT2D eigenvalue weighted by molar-refractivity contribution is 0.0179. The van der Waals surface area contributed by atoms with Crippen LogP contribution in [0.1, 0.15) is 23.7 Å². The van der Waals surface area contributed by atoms with Crippen molar-refractivity contribution < 1.29 is 18.7 Å². The Morgan fingerprint density at radius 3 is 2.40 bits per heavy atom. The highest BCUT2D eigenvalue weighted by Crippen LogP contribution is 2.28. The van der Waals surface area contributed by atoms with Crippen LogP contribution in [-0.2, 0) is 4.74 Å². The smallest absolute Gasteiger partial charge is 0.338 e. The van der Waals surface area contributed by atoms with E-state index >= 15 is 0 Å². The summed E-state index contributed by atoms with van der Waals surface area (Å²) < 4.78 is 17.9. The third-order valence-electron chi connectivity index (χ3n) is 5.28. The zero-order valence-electron chi connectivity index (χ0n) is 19.4. The van der Waals surface area contributed by atoms with E-state index in [0.29, 0.717) is 34.6 Å². The molecule has 6 nitrogen and oxygen atoms in total. The van der Waals surface area contributed by atoms with Gasteiger partial charge in [-0.25, -0.2) is 4.79 Å². The monoisotopic (exact) mass is 493 g/mol. The Bertz CT molecular complexity index is 1290. The molecule has 0 saturated heterocycles. The molecule has 0 aliphatic heterocycles. The minimum atomic E-state index is -0.529. The largest absolute Gasteiger partial charge is 0.486 e. The van der Waals surface area contributed by atoms with Gasteiger partial charge in [-0.2, -0.15) is 0 Å². The van der Waals surface area contributed by atoms with Crippen LogP contribution in [0.2, 0.25) is 0 Å². The number of halogens is 1. The number of carbonyl (C=O) groups excluding carboxylic acids is 1. The number of para-hydroxylation sites is 1. The summed E-state index contributed by atoms with van der Waals surface area (Å²) in [6, 6.07) is 25.0. The van der Waals surface area contributed by atoms with E-state index in [2.05, 4.69) is 12.2 Å². The van der Waals surface area contributed by atoms with Gasteiger partial charge in [0.05, 0.1) is 10.9 Å². The summed E-state index contributed by atoms with van der Waals surface area (Å²) in [6.07, 6.45) is 0.426. The van der Waals surface area contributed by atoms with Crippen LogP contribution in [0, 0.1) is 0 Å². The standard InChI is InChI=1S/C28H27NO5.ClH/c1-2-16-29-18-22(33-28(31)21-12-7-4-8-13-21)19-32-25-15-9-14-23-24(30)17-26(34-27(23)25)20-10-5-3-6-11-20;/h3-15,17,22,29H,2,16,18-19H2,1H3;1H. The predicted molar refractivity (Wildman–Crippen MR) is 139 cm³/mol. The van der Waals surface area contributed by atoms with Crippen LogP contribution in [0.15, 0.2) is 94.1 Å². The first-order valence-electron chi connectivity index (χ1n) is 11.4. The number of hydrogen-bond acceptors (Lipinski definition) is 6. The minimum Gasteiger partial charge on any atom is -0.486 e. The van der Waals surface area contributed by atoms with E-state index in [1.54, 1.807) is 42.5 Å². The molecule has 182 valence electrons. The molecule has 0 bridgehead atoms. The number of benzene rings is 3. The molecule has 1 unspecified atom stereocenters. The zero-order valence-corrected chi connectivity index (χ0v) is 20.3. The van der Waals surface area contributed by atoms with Crippen molar-refractivity contribution in [3.05, 3.63) is 101 Å². The maximum Gasteiger partial charge on any atom is 0.338 e. The van der Waals surface area contributed by atoms with Crippen molar-refractivity contribution in [1.29, 1.82) is 0 Å². The van der Waals surface area contributed by atoms with Gasteiger partial charge in [0.2, 0.25) is 0 Å². The van der Waals surface area contributed by atoms with Crippen LogP contribution >= 0.6 is 12.4 Å². The third kappa shape index (κ3) is 6.72. The van der Waals surface area contributed by atoms with Crippen molar-refractivity contribution in [1.82, 2.24) is 5.32 Å². The number of hydrogen-bond donors (Lipinski definition) is 1. The van der Waals surface area contributed by atoms with Crippen LogP contribution in [-0.4, -0.2) is 31.8 Å². The van der Waals surface area contributed by atoms with Crippen LogP contribution in [0.4, 0.5) is 0 Å². The molecule has 4 rings (SSSR count). The topological polar surface area (TPSA) is 77.8 Å². The number of fused-ring (bicyclic) bond motifs is 1. The van der Waals surface area contributed by atoms with Gasteiger partial charge in [-0.3, -0.25) is 4.79 Å². The van der Waals surface area contributed by atoms with Gasteiger partial charge in [-0.15, -0.1) is 12.4 Å². The van der Waals surface area contributed by atoms with Gasteiger partial charge in [0.25, 0.3) is 0 Å². The van der Waals surface area contributed by atoms with E-state index in [0.717, 1.165) is 18.5 Å². The fourth-order valence-electron chi connectivity index (χ4n) is 3.56. The molecule has 1 atom stereocenters. The lowest BCUT2D eigenvalue weighted by atomic mass is 10.1. The molecule has 1 heterocycles. The molecule has 0 amide bonds. The van der Waals surface area contributed by atoms with Crippen LogP contribution < -0.4 is 15.5 Å². The Kier molecular flexibility index (Phi) is 9.47. The Hall–Kier alpha value is -3.61. The molecular formula is C28H28ClNO5. The average molecular weight is 494 g/mol. The molecule has 4 aromatic rings. The summed E-state index contributed by atoms with van der Waals surface area (Å²) in [5, 5.41) is 3.70. The van der Waals surface area contributed by atoms with E-state index < -0.39 is 12.1 Å². The van der Waals surface area contributed by atoms with Crippen molar-refractivity contribution in [2.24, 2.45) is 0 Å². The van der Waals surface area contributed by atoms with E-state index in [4.69, 9.17) is 13.9 Å². The summed E-state index contributed by atoms with van der Waals surface area (Å²) in [6.45, 7) is 3.41. The molecule has 1 aromatic heterocycles. The highest BCUT2D eigenvalue weighted by atomic mass is 35.5. The van der Waals surface area contributed by atoms with Gasteiger partial charge in [0.15, 0.2) is 16.8 Å². The van der Waals surface area contributed by atoms with Gasteiger partial charge >= 0.3 is 5.97 Å². The van der Waals surface area contributed by atoms with Gasteiger partial charge in [-0.1, -0.05) is 61.5 Å². The fourth-order valence-corrected chi connectivity index (χ4v) is 3.56. The molecule has 0 aliphatic rings. The van der Waals surface area contributed by atoms with Crippen molar-refractivity contribution in [3.63, 3.8) is 0 Å². The first-order chi connectivity index (χ1) is 16.7. The highest BCUT2D eigenvalue weighted by molar-refractivity contribution is 5.89. The first kappa shape index (κ1) is 26.0. The summed E-state index contributed by atoms with van der Waals surface area (Å²) in [5.74, 6) is 0.470. The quantitative estimate of drug-likeness (QED) is 0.232. The van der Waals surface area contributed by atoms with Crippen LogP contribution in [0.3, 0.4) is 0 Å². The predicted octanol–water partition coefficient (Wildman–Crippen LogP) is 5.49. The van der Waals surface area contributed by atoms with Crippen molar-refractivity contribution in [2.75, 3.05) is 19.7 Å². The molecule has 0 fully saturated rings. The lowest BCUT2D eigenvalue weighted by Gasteiger charge is -2.19. The Labute approximate surface area is 210 Å². The van der Waals surface area contributed by atoms with Gasteiger partial charge < -0.3 is 19.2 Å². The van der Waals surface area contributed by atoms with Crippen molar-refractivity contribution in [3.8, 4) is 17.1 Å². The molecule has 1 N–H and O–H groups in total. The summed E-state index contributed by atoms with van der Waals surface area (Å²) in [7, 11) is 0. The van der Waals surface area contributed by atoms with E-state index in [1.165, 1.54) is 6.07 Å². The Morgan fingerprint density at radius 2 is 1.69 bits per heavy atom.